The maximum atomic E-state index is 13.0. The second-order valence-corrected chi connectivity index (χ2v) is 12.1. The summed E-state index contributed by atoms with van der Waals surface area (Å²) in [4.78, 5) is 44.9. The van der Waals surface area contributed by atoms with Crippen LogP contribution in [0.1, 0.15) is 81.6 Å². The standard InChI is InChI=1S/C32H36N4O3/c1-32(11-12-32)22-6-8-27-21(15-22)16-26-28(35-27)9-7-25(30(33)38)29(26)24(10-13-37)19-4-3-5-20(14-19)31(39)34-23-17-36(2)18-23/h3-5,7,9,13-14,16,22-24H,6,8,10-12,15,17-18H2,1-2H3,(H2,33,38)(H,34,39)/t22?,24-/m1/s1. The molecule has 0 spiro atoms. The Morgan fingerprint density at radius 1 is 1.21 bits per heavy atom. The van der Waals surface area contributed by atoms with Gasteiger partial charge in [0.05, 0.1) is 11.6 Å². The molecule has 7 nitrogen and oxygen atoms in total. The summed E-state index contributed by atoms with van der Waals surface area (Å²) < 4.78 is 0. The van der Waals surface area contributed by atoms with Crippen LogP contribution in [0.15, 0.2) is 42.5 Å². The molecule has 1 saturated heterocycles. The molecule has 7 heteroatoms. The summed E-state index contributed by atoms with van der Waals surface area (Å²) in [5.41, 5.74) is 12.0. The molecule has 2 heterocycles. The van der Waals surface area contributed by atoms with Gasteiger partial charge in [-0.1, -0.05) is 19.1 Å². The molecule has 3 aromatic rings. The molecular formula is C32H36N4O3. The van der Waals surface area contributed by atoms with E-state index in [0.29, 0.717) is 22.5 Å². The summed E-state index contributed by atoms with van der Waals surface area (Å²) in [7, 11) is 2.02. The highest BCUT2D eigenvalue weighted by Crippen LogP contribution is 2.55. The highest BCUT2D eigenvalue weighted by molar-refractivity contribution is 6.01. The number of likely N-dealkylation sites (tertiary alicyclic amines) is 1. The maximum Gasteiger partial charge on any atom is 0.251 e. The highest BCUT2D eigenvalue weighted by atomic mass is 16.2. The number of aromatic nitrogens is 1. The molecule has 1 saturated carbocycles. The van der Waals surface area contributed by atoms with Gasteiger partial charge in [0, 0.05) is 47.6 Å². The van der Waals surface area contributed by atoms with Crippen LogP contribution >= 0.6 is 0 Å². The molecule has 2 amide bonds. The lowest BCUT2D eigenvalue weighted by atomic mass is 9.76. The van der Waals surface area contributed by atoms with Gasteiger partial charge in [-0.2, -0.15) is 0 Å². The van der Waals surface area contributed by atoms with Gasteiger partial charge in [0.15, 0.2) is 0 Å². The van der Waals surface area contributed by atoms with Crippen molar-refractivity contribution in [1.29, 1.82) is 0 Å². The molecule has 6 rings (SSSR count). The number of aryl methyl sites for hydroxylation is 1. The third kappa shape index (κ3) is 4.84. The Balaban J connectivity index is 1.43. The van der Waals surface area contributed by atoms with Gasteiger partial charge in [0.1, 0.15) is 6.29 Å². The van der Waals surface area contributed by atoms with Crippen molar-refractivity contribution in [1.82, 2.24) is 15.2 Å². The zero-order chi connectivity index (χ0) is 27.3. The Bertz CT molecular complexity index is 1470. The number of carbonyl (C=O) groups is 3. The van der Waals surface area contributed by atoms with Crippen molar-refractivity contribution in [2.45, 2.75) is 57.4 Å². The largest absolute Gasteiger partial charge is 0.366 e. The summed E-state index contributed by atoms with van der Waals surface area (Å²) in [5.74, 6) is -0.463. The summed E-state index contributed by atoms with van der Waals surface area (Å²) >= 11 is 0. The van der Waals surface area contributed by atoms with Gasteiger partial charge < -0.3 is 20.7 Å². The van der Waals surface area contributed by atoms with E-state index in [2.05, 4.69) is 23.2 Å². The van der Waals surface area contributed by atoms with Crippen molar-refractivity contribution in [3.05, 3.63) is 76.0 Å². The van der Waals surface area contributed by atoms with Crippen LogP contribution in [-0.4, -0.2) is 54.2 Å². The van der Waals surface area contributed by atoms with Crippen LogP contribution in [0.3, 0.4) is 0 Å². The molecule has 0 radical (unpaired) electrons. The molecule has 1 aromatic heterocycles. The number of benzene rings is 2. The number of fused-ring (bicyclic) bond motifs is 2. The van der Waals surface area contributed by atoms with E-state index in [1.807, 2.05) is 31.3 Å². The smallest absolute Gasteiger partial charge is 0.251 e. The summed E-state index contributed by atoms with van der Waals surface area (Å²) in [6.45, 7) is 4.04. The van der Waals surface area contributed by atoms with E-state index in [9.17, 15) is 14.4 Å². The average Bonchev–Trinajstić information content (AvgIpc) is 3.67. The molecule has 2 aromatic carbocycles. The quantitative estimate of drug-likeness (QED) is 0.434. The van der Waals surface area contributed by atoms with E-state index in [0.717, 1.165) is 66.4 Å². The highest BCUT2D eigenvalue weighted by Gasteiger charge is 2.45. The Morgan fingerprint density at radius 3 is 2.69 bits per heavy atom. The summed E-state index contributed by atoms with van der Waals surface area (Å²) in [5, 5.41) is 3.95. The lowest BCUT2D eigenvalue weighted by molar-refractivity contribution is -0.108. The fraction of sp³-hybridized carbons (Fsp3) is 0.438. The van der Waals surface area contributed by atoms with Gasteiger partial charge >= 0.3 is 0 Å². The number of primary amides is 1. The van der Waals surface area contributed by atoms with Crippen LogP contribution in [0.4, 0.5) is 0 Å². The van der Waals surface area contributed by atoms with Crippen LogP contribution in [0, 0.1) is 11.3 Å². The Hall–Kier alpha value is -3.58. The number of carbonyl (C=O) groups excluding carboxylic acids is 3. The monoisotopic (exact) mass is 524 g/mol. The van der Waals surface area contributed by atoms with Crippen molar-refractivity contribution >= 4 is 29.0 Å². The van der Waals surface area contributed by atoms with Crippen molar-refractivity contribution in [2.75, 3.05) is 20.1 Å². The van der Waals surface area contributed by atoms with Gasteiger partial charge in [-0.05, 0) is 97.5 Å². The normalized spacial score (nSPS) is 21.0. The molecule has 0 bridgehead atoms. The second-order valence-electron chi connectivity index (χ2n) is 12.1. The maximum absolute atomic E-state index is 13.0. The van der Waals surface area contributed by atoms with Gasteiger partial charge in [-0.25, -0.2) is 0 Å². The van der Waals surface area contributed by atoms with Crippen LogP contribution < -0.4 is 11.1 Å². The molecule has 2 aliphatic carbocycles. The SMILES string of the molecule is CN1CC(NC(=O)c2cccc([C@@H](CC=O)c3c(C(N)=O)ccc4nc5c(cc34)CC(C3(C)CC3)CC5)c2)C1. The first-order chi connectivity index (χ1) is 18.8. The number of nitrogens with one attached hydrogen (secondary N) is 1. The van der Waals surface area contributed by atoms with Crippen molar-refractivity contribution in [2.24, 2.45) is 17.1 Å². The minimum absolute atomic E-state index is 0.135. The molecule has 39 heavy (non-hydrogen) atoms. The van der Waals surface area contributed by atoms with E-state index in [-0.39, 0.29) is 18.4 Å². The van der Waals surface area contributed by atoms with E-state index in [4.69, 9.17) is 10.7 Å². The molecule has 2 fully saturated rings. The van der Waals surface area contributed by atoms with Crippen LogP contribution in [-0.2, 0) is 17.6 Å². The van der Waals surface area contributed by atoms with E-state index in [1.165, 1.54) is 18.4 Å². The molecule has 202 valence electrons. The Labute approximate surface area is 229 Å². The molecular weight excluding hydrogens is 488 g/mol. The van der Waals surface area contributed by atoms with Gasteiger partial charge in [0.2, 0.25) is 5.91 Å². The lowest BCUT2D eigenvalue weighted by Crippen LogP contribution is -2.57. The summed E-state index contributed by atoms with van der Waals surface area (Å²) in [6, 6.07) is 13.3. The lowest BCUT2D eigenvalue weighted by Gasteiger charge is -2.36. The third-order valence-electron chi connectivity index (χ3n) is 9.33. The van der Waals surface area contributed by atoms with Crippen molar-refractivity contribution < 1.29 is 14.4 Å². The average molecular weight is 525 g/mol. The van der Waals surface area contributed by atoms with Crippen molar-refractivity contribution in [3.63, 3.8) is 0 Å². The first-order valence-electron chi connectivity index (χ1n) is 14.0. The zero-order valence-corrected chi connectivity index (χ0v) is 22.7. The number of rotatable bonds is 8. The number of aldehydes is 1. The van der Waals surface area contributed by atoms with Gasteiger partial charge in [-0.15, -0.1) is 0 Å². The van der Waals surface area contributed by atoms with Crippen LogP contribution in [0.5, 0.6) is 0 Å². The zero-order valence-electron chi connectivity index (χ0n) is 22.7. The second kappa shape index (κ2) is 9.87. The fourth-order valence-corrected chi connectivity index (χ4v) is 6.68. The number of nitrogens with two attached hydrogens (primary N) is 1. The number of pyridine rings is 1. The van der Waals surface area contributed by atoms with Gasteiger partial charge in [0.25, 0.3) is 5.91 Å². The Kier molecular flexibility index (Phi) is 6.50. The molecule has 2 atom stereocenters. The first-order valence-corrected chi connectivity index (χ1v) is 14.0. The topological polar surface area (TPSA) is 105 Å². The number of likely N-dealkylation sites (N-methyl/N-ethyl adjacent to an activating group) is 1. The fourth-order valence-electron chi connectivity index (χ4n) is 6.68. The van der Waals surface area contributed by atoms with Crippen LogP contribution in [0.25, 0.3) is 10.9 Å². The number of amides is 2. The number of hydrogen-bond donors (Lipinski definition) is 2. The van der Waals surface area contributed by atoms with E-state index < -0.39 is 11.8 Å². The molecule has 1 unspecified atom stereocenters. The van der Waals surface area contributed by atoms with Crippen LogP contribution in [0.2, 0.25) is 0 Å². The minimum Gasteiger partial charge on any atom is -0.366 e. The molecule has 3 aliphatic rings. The predicted molar refractivity (Wildman–Crippen MR) is 151 cm³/mol. The Morgan fingerprint density at radius 2 is 2.00 bits per heavy atom. The van der Waals surface area contributed by atoms with Crippen molar-refractivity contribution in [3.8, 4) is 0 Å². The van der Waals surface area contributed by atoms with E-state index >= 15 is 0 Å². The van der Waals surface area contributed by atoms with Gasteiger partial charge in [-0.3, -0.25) is 14.6 Å². The minimum atomic E-state index is -0.535. The molecule has 3 N–H and O–H groups in total. The third-order valence-corrected chi connectivity index (χ3v) is 9.33. The molecule has 1 aliphatic heterocycles. The van der Waals surface area contributed by atoms with E-state index in [1.54, 1.807) is 12.1 Å². The first kappa shape index (κ1) is 25.7. The number of hydrogen-bond acceptors (Lipinski definition) is 5. The predicted octanol–water partition coefficient (Wildman–Crippen LogP) is 4.00. The summed E-state index contributed by atoms with van der Waals surface area (Å²) in [6.07, 6.45) is 6.72. The number of nitrogens with zero attached hydrogens (tertiary/aromatic N) is 2.